The minimum Gasteiger partial charge on any atom is -0.504 e. The number of nitrogen functional groups attached to an aromatic ring is 1. The molecule has 1 aromatic heterocycles. The predicted octanol–water partition coefficient (Wildman–Crippen LogP) is 1.68. The number of ether oxygens (including phenoxy) is 1. The maximum atomic E-state index is 9.96. The Balaban J connectivity index is 2.60. The Morgan fingerprint density at radius 2 is 2.12 bits per heavy atom. The van der Waals surface area contributed by atoms with Gasteiger partial charge in [0.15, 0.2) is 11.5 Å². The summed E-state index contributed by atoms with van der Waals surface area (Å²) in [6.45, 7) is 1.92. The Morgan fingerprint density at radius 1 is 1.38 bits per heavy atom. The van der Waals surface area contributed by atoms with Gasteiger partial charge in [0.1, 0.15) is 5.82 Å². The third kappa shape index (κ3) is 1.67. The molecule has 1 heterocycles. The molecule has 0 atom stereocenters. The second-order valence-corrected chi connectivity index (χ2v) is 3.57. The van der Waals surface area contributed by atoms with Gasteiger partial charge in [-0.15, -0.1) is 0 Å². The van der Waals surface area contributed by atoms with Crippen LogP contribution in [0.3, 0.4) is 0 Å². The number of anilines is 1. The number of phenols is 1. The molecular formula is C11H13N3O2. The average Bonchev–Trinajstić information content (AvgIpc) is 2.67. The number of rotatable bonds is 2. The van der Waals surface area contributed by atoms with E-state index in [1.807, 2.05) is 13.0 Å². The van der Waals surface area contributed by atoms with Gasteiger partial charge in [0, 0.05) is 11.6 Å². The second-order valence-electron chi connectivity index (χ2n) is 3.57. The zero-order valence-corrected chi connectivity index (χ0v) is 9.11. The zero-order chi connectivity index (χ0) is 11.7. The van der Waals surface area contributed by atoms with Gasteiger partial charge in [0.2, 0.25) is 0 Å². The molecule has 0 radical (unpaired) electrons. The number of methoxy groups -OCH3 is 1. The van der Waals surface area contributed by atoms with E-state index in [9.17, 15) is 5.11 Å². The Morgan fingerprint density at radius 3 is 2.69 bits per heavy atom. The molecule has 0 bridgehead atoms. The number of nitrogens with zero attached hydrogens (tertiary/aromatic N) is 1. The first kappa shape index (κ1) is 10.4. The van der Waals surface area contributed by atoms with E-state index in [4.69, 9.17) is 10.5 Å². The first-order valence-corrected chi connectivity index (χ1v) is 4.80. The molecule has 0 aliphatic rings. The van der Waals surface area contributed by atoms with Crippen LogP contribution in [0.1, 0.15) is 5.56 Å². The first-order valence-electron chi connectivity index (χ1n) is 4.80. The fourth-order valence-electron chi connectivity index (χ4n) is 1.58. The molecule has 0 aliphatic carbocycles. The number of benzene rings is 1. The summed E-state index contributed by atoms with van der Waals surface area (Å²) in [5, 5.41) is 16.5. The summed E-state index contributed by atoms with van der Waals surface area (Å²) in [6, 6.07) is 5.26. The molecule has 0 aliphatic heterocycles. The lowest BCUT2D eigenvalue weighted by atomic mass is 10.1. The van der Waals surface area contributed by atoms with Crippen molar-refractivity contribution >= 4 is 5.82 Å². The van der Waals surface area contributed by atoms with Gasteiger partial charge in [-0.2, -0.15) is 5.10 Å². The zero-order valence-electron chi connectivity index (χ0n) is 9.11. The van der Waals surface area contributed by atoms with Crippen LogP contribution in [0.2, 0.25) is 0 Å². The van der Waals surface area contributed by atoms with E-state index < -0.39 is 0 Å². The van der Waals surface area contributed by atoms with Gasteiger partial charge < -0.3 is 15.6 Å². The predicted molar refractivity (Wildman–Crippen MR) is 61.4 cm³/mol. The summed E-state index contributed by atoms with van der Waals surface area (Å²) in [5.74, 6) is 0.898. The molecule has 0 saturated heterocycles. The van der Waals surface area contributed by atoms with Crippen LogP contribution in [0, 0.1) is 6.92 Å². The summed E-state index contributed by atoms with van der Waals surface area (Å²) in [6.07, 6.45) is 0. The lowest BCUT2D eigenvalue weighted by Crippen LogP contribution is -1.88. The van der Waals surface area contributed by atoms with Crippen LogP contribution in [0.5, 0.6) is 11.5 Å². The first-order chi connectivity index (χ1) is 7.61. The fourth-order valence-corrected chi connectivity index (χ4v) is 1.58. The number of aryl methyl sites for hydroxylation is 1. The second kappa shape index (κ2) is 3.77. The van der Waals surface area contributed by atoms with E-state index in [1.165, 1.54) is 7.11 Å². The molecule has 2 rings (SSSR count). The number of nitrogens with one attached hydrogen (secondary N) is 1. The lowest BCUT2D eigenvalue weighted by molar-refractivity contribution is 0.374. The Bertz CT molecular complexity index is 520. The van der Waals surface area contributed by atoms with Crippen molar-refractivity contribution in [2.75, 3.05) is 12.8 Å². The van der Waals surface area contributed by atoms with Gasteiger partial charge in [-0.25, -0.2) is 0 Å². The Hall–Kier alpha value is -2.17. The van der Waals surface area contributed by atoms with Crippen molar-refractivity contribution < 1.29 is 9.84 Å². The lowest BCUT2D eigenvalue weighted by Gasteiger charge is -2.08. The van der Waals surface area contributed by atoms with E-state index in [2.05, 4.69) is 10.2 Å². The number of hydrogen-bond donors (Lipinski definition) is 3. The number of aromatic amines is 1. The number of aromatic nitrogens is 2. The van der Waals surface area contributed by atoms with Crippen molar-refractivity contribution in [2.45, 2.75) is 6.92 Å². The number of nitrogens with two attached hydrogens (primary N) is 1. The van der Waals surface area contributed by atoms with Crippen molar-refractivity contribution in [3.63, 3.8) is 0 Å². The summed E-state index contributed by atoms with van der Waals surface area (Å²) in [7, 11) is 1.51. The van der Waals surface area contributed by atoms with E-state index in [0.29, 0.717) is 22.8 Å². The molecule has 0 spiro atoms. The van der Waals surface area contributed by atoms with Gasteiger partial charge in [-0.05, 0) is 24.6 Å². The van der Waals surface area contributed by atoms with E-state index in [1.54, 1.807) is 12.1 Å². The monoisotopic (exact) mass is 219 g/mol. The highest BCUT2D eigenvalue weighted by molar-refractivity contribution is 5.72. The van der Waals surface area contributed by atoms with Crippen LogP contribution in [-0.2, 0) is 0 Å². The number of hydrogen-bond acceptors (Lipinski definition) is 4. The summed E-state index contributed by atoms with van der Waals surface area (Å²) in [4.78, 5) is 0. The Labute approximate surface area is 92.9 Å². The molecule has 0 fully saturated rings. The highest BCUT2D eigenvalue weighted by Gasteiger charge is 2.12. The summed E-state index contributed by atoms with van der Waals surface area (Å²) < 4.78 is 5.08. The van der Waals surface area contributed by atoms with Crippen LogP contribution in [0.4, 0.5) is 5.82 Å². The van der Waals surface area contributed by atoms with Crippen molar-refractivity contribution in [3.05, 3.63) is 23.8 Å². The highest BCUT2D eigenvalue weighted by Crippen LogP contribution is 2.37. The van der Waals surface area contributed by atoms with Crippen LogP contribution in [-0.4, -0.2) is 22.4 Å². The van der Waals surface area contributed by atoms with Gasteiger partial charge in [-0.3, -0.25) is 5.10 Å². The average molecular weight is 219 g/mol. The van der Waals surface area contributed by atoms with Crippen LogP contribution < -0.4 is 10.5 Å². The molecule has 84 valence electrons. The van der Waals surface area contributed by atoms with Gasteiger partial charge in [0.05, 0.1) is 12.8 Å². The largest absolute Gasteiger partial charge is 0.504 e. The standard InChI is InChI=1S/C11H13N3O2/c1-6-3-7(8-5-10(12)14-13-8)11(15)9(4-6)16-2/h3-5,15H,1-2H3,(H3,12,13,14). The topological polar surface area (TPSA) is 84.2 Å². The third-order valence-corrected chi connectivity index (χ3v) is 2.33. The van der Waals surface area contributed by atoms with Crippen LogP contribution in [0.25, 0.3) is 11.3 Å². The van der Waals surface area contributed by atoms with Gasteiger partial charge in [-0.1, -0.05) is 0 Å². The molecule has 5 nitrogen and oxygen atoms in total. The molecule has 4 N–H and O–H groups in total. The van der Waals surface area contributed by atoms with Gasteiger partial charge >= 0.3 is 0 Å². The molecule has 0 unspecified atom stereocenters. The summed E-state index contributed by atoms with van der Waals surface area (Å²) >= 11 is 0. The maximum Gasteiger partial charge on any atom is 0.167 e. The maximum absolute atomic E-state index is 9.96. The Kier molecular flexibility index (Phi) is 2.44. The van der Waals surface area contributed by atoms with Crippen molar-refractivity contribution in [1.29, 1.82) is 0 Å². The normalized spacial score (nSPS) is 10.4. The smallest absolute Gasteiger partial charge is 0.167 e. The van der Waals surface area contributed by atoms with Crippen molar-refractivity contribution in [2.24, 2.45) is 0 Å². The van der Waals surface area contributed by atoms with Crippen molar-refractivity contribution in [3.8, 4) is 22.8 Å². The number of phenolic OH excluding ortho intramolecular Hbond substituents is 1. The molecule has 2 aromatic rings. The quantitative estimate of drug-likeness (QED) is 0.717. The minimum absolute atomic E-state index is 0.0803. The molecule has 5 heteroatoms. The van der Waals surface area contributed by atoms with Gasteiger partial charge in [0.25, 0.3) is 0 Å². The molecule has 0 amide bonds. The number of aromatic hydroxyl groups is 1. The summed E-state index contributed by atoms with van der Waals surface area (Å²) in [5.41, 5.74) is 7.79. The van der Waals surface area contributed by atoms with Crippen LogP contribution >= 0.6 is 0 Å². The van der Waals surface area contributed by atoms with Crippen LogP contribution in [0.15, 0.2) is 18.2 Å². The molecule has 1 aromatic carbocycles. The molecule has 0 saturated carbocycles. The number of H-pyrrole nitrogens is 1. The fraction of sp³-hybridized carbons (Fsp3) is 0.182. The minimum atomic E-state index is 0.0803. The van der Waals surface area contributed by atoms with E-state index in [-0.39, 0.29) is 5.75 Å². The highest BCUT2D eigenvalue weighted by atomic mass is 16.5. The van der Waals surface area contributed by atoms with Crippen molar-refractivity contribution in [1.82, 2.24) is 10.2 Å². The SMILES string of the molecule is COc1cc(C)cc(-c2cc(N)n[nH]2)c1O. The van der Waals surface area contributed by atoms with E-state index in [0.717, 1.165) is 5.56 Å². The molecule has 16 heavy (non-hydrogen) atoms. The third-order valence-electron chi connectivity index (χ3n) is 2.33. The van der Waals surface area contributed by atoms with E-state index >= 15 is 0 Å². The molecular weight excluding hydrogens is 206 g/mol.